The Balaban J connectivity index is 1.92. The van der Waals surface area contributed by atoms with Crippen molar-refractivity contribution < 1.29 is 12.6 Å². The number of hydrogen-bond donors (Lipinski definition) is 0. The molecule has 3 nitrogen and oxygen atoms in total. The first kappa shape index (κ1) is 22.8. The van der Waals surface area contributed by atoms with Crippen LogP contribution < -0.4 is 10.7 Å². The molecule has 0 heterocycles. The molecule has 0 unspecified atom stereocenters. The minimum atomic E-state index is -3.52. The van der Waals surface area contributed by atoms with E-state index >= 15 is 0 Å². The van der Waals surface area contributed by atoms with Crippen LogP contribution in [0.1, 0.15) is 11.1 Å². The Morgan fingerprint density at radius 2 is 0.969 bits per heavy atom. The van der Waals surface area contributed by atoms with Crippen LogP contribution in [0.5, 0.6) is 0 Å². The summed E-state index contributed by atoms with van der Waals surface area (Å²) in [4.78, 5) is 0. The zero-order valence-corrected chi connectivity index (χ0v) is 21.7. The summed E-state index contributed by atoms with van der Waals surface area (Å²) in [5, 5.41) is 0. The maximum absolute atomic E-state index is 11.7. The van der Waals surface area contributed by atoms with Gasteiger partial charge in [-0.25, -0.2) is 0 Å². The van der Waals surface area contributed by atoms with Crippen molar-refractivity contribution >= 4 is 39.2 Å². The molecule has 0 radical (unpaired) electrons. The number of benzene rings is 4. The van der Waals surface area contributed by atoms with E-state index in [1.807, 2.05) is 18.2 Å². The minimum absolute atomic E-state index is 0.0509. The first-order chi connectivity index (χ1) is 15.5. The van der Waals surface area contributed by atoms with Crippen LogP contribution >= 0.6 is 0 Å². The molecular formula is C27H26O3SSn. The van der Waals surface area contributed by atoms with Crippen molar-refractivity contribution in [3.05, 3.63) is 126 Å². The van der Waals surface area contributed by atoms with Gasteiger partial charge in [-0.1, -0.05) is 0 Å². The Morgan fingerprint density at radius 3 is 1.38 bits per heavy atom. The van der Waals surface area contributed by atoms with Gasteiger partial charge in [-0.3, -0.25) is 0 Å². The van der Waals surface area contributed by atoms with Gasteiger partial charge in [0.15, 0.2) is 0 Å². The first-order valence-corrected chi connectivity index (χ1v) is 18.7. The van der Waals surface area contributed by atoms with E-state index in [4.69, 9.17) is 4.18 Å². The van der Waals surface area contributed by atoms with Crippen LogP contribution in [0.3, 0.4) is 0 Å². The molecule has 0 fully saturated rings. The summed E-state index contributed by atoms with van der Waals surface area (Å²) >= 11 is -3.51. The van der Waals surface area contributed by atoms with E-state index in [2.05, 4.69) is 97.1 Å². The molecule has 0 saturated carbocycles. The van der Waals surface area contributed by atoms with Gasteiger partial charge in [-0.05, 0) is 0 Å². The van der Waals surface area contributed by atoms with Crippen LogP contribution in [0.25, 0.3) is 0 Å². The van der Waals surface area contributed by atoms with Crippen molar-refractivity contribution in [2.24, 2.45) is 0 Å². The second kappa shape index (κ2) is 10.0. The van der Waals surface area contributed by atoms with Crippen LogP contribution in [-0.4, -0.2) is 33.1 Å². The van der Waals surface area contributed by atoms with Gasteiger partial charge in [0.2, 0.25) is 0 Å². The number of hydrogen-bond acceptors (Lipinski definition) is 3. The number of rotatable bonds is 8. The molecule has 0 saturated heterocycles. The Labute approximate surface area is 194 Å². The van der Waals surface area contributed by atoms with Gasteiger partial charge in [0.25, 0.3) is 0 Å². The summed E-state index contributed by atoms with van der Waals surface area (Å²) in [7, 11) is -3.52. The van der Waals surface area contributed by atoms with Crippen molar-refractivity contribution in [2.75, 3.05) is 6.26 Å². The van der Waals surface area contributed by atoms with Crippen molar-refractivity contribution in [1.82, 2.24) is 0 Å². The second-order valence-electron chi connectivity index (χ2n) is 7.92. The summed E-state index contributed by atoms with van der Waals surface area (Å²) in [5.74, 6) is 0. The summed E-state index contributed by atoms with van der Waals surface area (Å²) in [5.41, 5.74) is 2.06. The third-order valence-electron chi connectivity index (χ3n) is 5.80. The van der Waals surface area contributed by atoms with Gasteiger partial charge in [0.05, 0.1) is 0 Å². The average Bonchev–Trinajstić information content (AvgIpc) is 2.83. The van der Waals surface area contributed by atoms with Crippen LogP contribution in [0.2, 0.25) is 0 Å². The zero-order valence-electron chi connectivity index (χ0n) is 18.0. The second-order valence-corrected chi connectivity index (χ2v) is 20.7. The molecule has 0 atom stereocenters. The first-order valence-electron chi connectivity index (χ1n) is 10.6. The molecule has 4 aromatic carbocycles. The van der Waals surface area contributed by atoms with Crippen LogP contribution in [0.15, 0.2) is 115 Å². The molecule has 0 N–H and O–H groups in total. The van der Waals surface area contributed by atoms with E-state index in [0.717, 1.165) is 21.8 Å². The fraction of sp³-hybridized carbons (Fsp3) is 0.111. The molecule has 0 aliphatic rings. The van der Waals surface area contributed by atoms with Gasteiger partial charge in [0.1, 0.15) is 0 Å². The fourth-order valence-corrected chi connectivity index (χ4v) is 18.4. The van der Waals surface area contributed by atoms with E-state index in [0.29, 0.717) is 0 Å². The third kappa shape index (κ3) is 5.14. The summed E-state index contributed by atoms with van der Waals surface area (Å²) in [6.07, 6.45) is 1.09. The predicted octanol–water partition coefficient (Wildman–Crippen LogP) is 3.41. The maximum atomic E-state index is 11.7. The summed E-state index contributed by atoms with van der Waals surface area (Å²) in [6, 6.07) is 40.5. The Hall–Kier alpha value is -2.41. The topological polar surface area (TPSA) is 43.4 Å². The van der Waals surface area contributed by atoms with Gasteiger partial charge >= 0.3 is 196 Å². The van der Waals surface area contributed by atoms with Crippen molar-refractivity contribution in [2.45, 2.75) is 11.0 Å². The molecule has 32 heavy (non-hydrogen) atoms. The fourth-order valence-electron chi connectivity index (χ4n) is 4.30. The van der Waals surface area contributed by atoms with Gasteiger partial charge < -0.3 is 0 Å². The van der Waals surface area contributed by atoms with E-state index < -0.39 is 28.5 Å². The van der Waals surface area contributed by atoms with E-state index in [1.165, 1.54) is 10.7 Å². The van der Waals surface area contributed by atoms with Crippen LogP contribution in [0, 0.1) is 0 Å². The van der Waals surface area contributed by atoms with Crippen LogP contribution in [0.4, 0.5) is 0 Å². The Kier molecular flexibility index (Phi) is 7.13. The summed E-state index contributed by atoms with van der Waals surface area (Å²) < 4.78 is 33.5. The van der Waals surface area contributed by atoms with Crippen LogP contribution in [-0.2, 0) is 25.3 Å². The third-order valence-corrected chi connectivity index (χ3v) is 20.2. The molecule has 0 spiro atoms. The molecular weight excluding hydrogens is 523 g/mol. The average molecular weight is 549 g/mol. The predicted molar refractivity (Wildman–Crippen MR) is 134 cm³/mol. The molecule has 5 heteroatoms. The van der Waals surface area contributed by atoms with E-state index in [-0.39, 0.29) is 6.61 Å². The van der Waals surface area contributed by atoms with E-state index in [9.17, 15) is 8.42 Å². The standard InChI is InChI=1S/C9H11O3S.3C6H5.Sn/c1-8-5-3-4-6-9(8)7-12-13(2,10)11;3*1-2-4-6-5-3-1;/h3-6H,1,7H2,2H3;3*1-5H;. The Bertz CT molecular complexity index is 1160. The molecule has 0 amide bonds. The van der Waals surface area contributed by atoms with Gasteiger partial charge in [0, 0.05) is 0 Å². The molecule has 0 bridgehead atoms. The van der Waals surface area contributed by atoms with Gasteiger partial charge in [-0.2, -0.15) is 0 Å². The van der Waals surface area contributed by atoms with Crippen molar-refractivity contribution in [3.63, 3.8) is 0 Å². The molecule has 4 aromatic rings. The zero-order chi connectivity index (χ0) is 22.4. The SMILES string of the molecule is CS(=O)(=O)OCc1ccccc1[CH2][Sn]([c]1ccccc1)([c]1ccccc1)[c]1ccccc1. The quantitative estimate of drug-likeness (QED) is 0.250. The van der Waals surface area contributed by atoms with Crippen molar-refractivity contribution in [3.8, 4) is 0 Å². The van der Waals surface area contributed by atoms with E-state index in [1.54, 1.807) is 0 Å². The van der Waals surface area contributed by atoms with Gasteiger partial charge in [-0.15, -0.1) is 0 Å². The summed E-state index contributed by atoms with van der Waals surface area (Å²) in [6.45, 7) is 0.0509. The normalized spacial score (nSPS) is 11.9. The Morgan fingerprint density at radius 1 is 0.594 bits per heavy atom. The molecule has 0 aromatic heterocycles. The molecule has 0 aliphatic heterocycles. The molecule has 162 valence electrons. The van der Waals surface area contributed by atoms with Crippen molar-refractivity contribution in [1.29, 1.82) is 0 Å². The molecule has 4 rings (SSSR count). The molecule has 0 aliphatic carbocycles. The monoisotopic (exact) mass is 550 g/mol.